The maximum Gasteiger partial charge on any atom is 0.314 e. The Morgan fingerprint density at radius 3 is 2.86 bits per heavy atom. The summed E-state index contributed by atoms with van der Waals surface area (Å²) in [6.07, 6.45) is 3.54. The second-order valence-corrected chi connectivity index (χ2v) is 4.41. The van der Waals surface area contributed by atoms with E-state index in [0.29, 0.717) is 6.04 Å². The van der Waals surface area contributed by atoms with E-state index in [4.69, 9.17) is 0 Å². The molecule has 0 aromatic carbocycles. The monoisotopic (exact) mass is 197 g/mol. The Bertz CT molecular complexity index is 219. The molecule has 4 heteroatoms. The molecular formula is C10H19N3O. The molecule has 1 aliphatic carbocycles. The van der Waals surface area contributed by atoms with Gasteiger partial charge in [0.1, 0.15) is 0 Å². The molecule has 14 heavy (non-hydrogen) atoms. The summed E-state index contributed by atoms with van der Waals surface area (Å²) in [6, 6.07) is 0.343. The lowest BCUT2D eigenvalue weighted by atomic mass is 9.79. The molecule has 2 fully saturated rings. The topological polar surface area (TPSA) is 53.2 Å². The molecule has 1 saturated carbocycles. The third-order valence-electron chi connectivity index (χ3n) is 3.52. The molecule has 3 N–H and O–H groups in total. The molecule has 1 unspecified atom stereocenters. The van der Waals surface area contributed by atoms with Crippen LogP contribution in [0.1, 0.15) is 19.3 Å². The van der Waals surface area contributed by atoms with Crippen LogP contribution < -0.4 is 16.0 Å². The van der Waals surface area contributed by atoms with Crippen LogP contribution in [0.15, 0.2) is 0 Å². The molecule has 0 aromatic rings. The molecule has 80 valence electrons. The largest absolute Gasteiger partial charge is 0.341 e. The number of hydrogen-bond donors (Lipinski definition) is 3. The second kappa shape index (κ2) is 4.17. The summed E-state index contributed by atoms with van der Waals surface area (Å²) in [5.74, 6) is 1.64. The van der Waals surface area contributed by atoms with Gasteiger partial charge in [0.25, 0.3) is 0 Å². The van der Waals surface area contributed by atoms with Gasteiger partial charge in [-0.15, -0.1) is 0 Å². The number of rotatable bonds is 1. The molecule has 1 aliphatic heterocycles. The Morgan fingerprint density at radius 1 is 1.29 bits per heavy atom. The SMILES string of the molecule is CNC(=O)NC1CC[C@H]2CNC[C@H]2C1. The molecular weight excluding hydrogens is 178 g/mol. The second-order valence-electron chi connectivity index (χ2n) is 4.41. The minimum atomic E-state index is -0.0422. The maximum atomic E-state index is 11.1. The smallest absolute Gasteiger partial charge is 0.314 e. The first-order valence-corrected chi connectivity index (χ1v) is 5.48. The third-order valence-corrected chi connectivity index (χ3v) is 3.52. The highest BCUT2D eigenvalue weighted by molar-refractivity contribution is 5.73. The van der Waals surface area contributed by atoms with Crippen LogP contribution in [0.3, 0.4) is 0 Å². The van der Waals surface area contributed by atoms with Crippen LogP contribution in [0, 0.1) is 11.8 Å². The maximum absolute atomic E-state index is 11.1. The summed E-state index contributed by atoms with van der Waals surface area (Å²) in [4.78, 5) is 11.1. The van der Waals surface area contributed by atoms with Crippen molar-refractivity contribution < 1.29 is 4.79 Å². The molecule has 0 radical (unpaired) electrons. The Balaban J connectivity index is 1.82. The molecule has 2 amide bonds. The predicted molar refractivity (Wildman–Crippen MR) is 55.1 cm³/mol. The van der Waals surface area contributed by atoms with Crippen LogP contribution in [-0.4, -0.2) is 32.2 Å². The summed E-state index contributed by atoms with van der Waals surface area (Å²) >= 11 is 0. The number of urea groups is 1. The van der Waals surface area contributed by atoms with Crippen molar-refractivity contribution in [1.82, 2.24) is 16.0 Å². The Morgan fingerprint density at radius 2 is 2.07 bits per heavy atom. The van der Waals surface area contributed by atoms with Crippen LogP contribution in [0.5, 0.6) is 0 Å². The van der Waals surface area contributed by atoms with Gasteiger partial charge in [-0.2, -0.15) is 0 Å². The number of nitrogens with one attached hydrogen (secondary N) is 3. The first kappa shape index (κ1) is 9.77. The summed E-state index contributed by atoms with van der Waals surface area (Å²) in [5.41, 5.74) is 0. The lowest BCUT2D eigenvalue weighted by molar-refractivity contribution is 0.217. The fraction of sp³-hybridized carbons (Fsp3) is 0.900. The lowest BCUT2D eigenvalue weighted by Gasteiger charge is -2.31. The molecule has 0 spiro atoms. The molecule has 2 rings (SSSR count). The number of carbonyl (C=O) groups is 1. The number of carbonyl (C=O) groups excluding carboxylic acids is 1. The van der Waals surface area contributed by atoms with E-state index in [2.05, 4.69) is 16.0 Å². The van der Waals surface area contributed by atoms with Gasteiger partial charge < -0.3 is 16.0 Å². The highest BCUT2D eigenvalue weighted by atomic mass is 16.2. The minimum absolute atomic E-state index is 0.0422. The first-order valence-electron chi connectivity index (χ1n) is 5.48. The van der Waals surface area contributed by atoms with E-state index < -0.39 is 0 Å². The van der Waals surface area contributed by atoms with Gasteiger partial charge in [0.2, 0.25) is 0 Å². The fourth-order valence-corrected chi connectivity index (χ4v) is 2.69. The molecule has 1 saturated heterocycles. The Hall–Kier alpha value is -0.770. The standard InChI is InChI=1S/C10H19N3O/c1-11-10(14)13-9-3-2-7-5-12-6-8(7)4-9/h7-9,12H,2-6H2,1H3,(H2,11,13,14)/t7-,8+,9?/m0/s1. The highest BCUT2D eigenvalue weighted by Crippen LogP contribution is 2.32. The van der Waals surface area contributed by atoms with Crippen molar-refractivity contribution in [3.8, 4) is 0 Å². The van der Waals surface area contributed by atoms with Gasteiger partial charge in [-0.3, -0.25) is 0 Å². The van der Waals surface area contributed by atoms with Crippen LogP contribution in [0.25, 0.3) is 0 Å². The van der Waals surface area contributed by atoms with Gasteiger partial charge in [0, 0.05) is 13.1 Å². The van der Waals surface area contributed by atoms with Crippen molar-refractivity contribution in [3.05, 3.63) is 0 Å². The van der Waals surface area contributed by atoms with E-state index >= 15 is 0 Å². The van der Waals surface area contributed by atoms with Crippen LogP contribution in [0.4, 0.5) is 4.79 Å². The van der Waals surface area contributed by atoms with Gasteiger partial charge in [0.15, 0.2) is 0 Å². The highest BCUT2D eigenvalue weighted by Gasteiger charge is 2.33. The molecule has 0 bridgehead atoms. The number of fused-ring (bicyclic) bond motifs is 1. The van der Waals surface area contributed by atoms with Crippen LogP contribution in [-0.2, 0) is 0 Å². The van der Waals surface area contributed by atoms with Gasteiger partial charge >= 0.3 is 6.03 Å². The molecule has 2 aliphatic rings. The molecule has 0 aromatic heterocycles. The van der Waals surface area contributed by atoms with E-state index in [9.17, 15) is 4.79 Å². The minimum Gasteiger partial charge on any atom is -0.341 e. The van der Waals surface area contributed by atoms with Crippen molar-refractivity contribution in [3.63, 3.8) is 0 Å². The normalized spacial score (nSPS) is 36.2. The number of amides is 2. The van der Waals surface area contributed by atoms with E-state index in [-0.39, 0.29) is 6.03 Å². The number of hydrogen-bond acceptors (Lipinski definition) is 2. The van der Waals surface area contributed by atoms with Crippen molar-refractivity contribution in [2.45, 2.75) is 25.3 Å². The van der Waals surface area contributed by atoms with Gasteiger partial charge in [-0.25, -0.2) is 4.79 Å². The quantitative estimate of drug-likeness (QED) is 0.566. The van der Waals surface area contributed by atoms with Gasteiger partial charge in [-0.05, 0) is 44.2 Å². The van der Waals surface area contributed by atoms with E-state index in [1.165, 1.54) is 13.0 Å². The summed E-state index contributed by atoms with van der Waals surface area (Å²) in [7, 11) is 1.66. The Labute approximate surface area is 84.8 Å². The Kier molecular flexibility index (Phi) is 2.91. The average Bonchev–Trinajstić information content (AvgIpc) is 2.64. The molecule has 4 nitrogen and oxygen atoms in total. The summed E-state index contributed by atoms with van der Waals surface area (Å²) in [5, 5.41) is 9.03. The zero-order chi connectivity index (χ0) is 9.97. The average molecular weight is 197 g/mol. The first-order chi connectivity index (χ1) is 6.79. The third kappa shape index (κ3) is 2.00. The van der Waals surface area contributed by atoms with Crippen LogP contribution in [0.2, 0.25) is 0 Å². The van der Waals surface area contributed by atoms with E-state index in [0.717, 1.165) is 31.2 Å². The predicted octanol–water partition coefficient (Wildman–Crippen LogP) is 0.304. The van der Waals surface area contributed by atoms with E-state index in [1.807, 2.05) is 0 Å². The van der Waals surface area contributed by atoms with Crippen molar-refractivity contribution >= 4 is 6.03 Å². The van der Waals surface area contributed by atoms with Crippen molar-refractivity contribution in [2.75, 3.05) is 20.1 Å². The molecule has 3 atom stereocenters. The molecule has 1 heterocycles. The van der Waals surface area contributed by atoms with Gasteiger partial charge in [0.05, 0.1) is 0 Å². The van der Waals surface area contributed by atoms with Crippen molar-refractivity contribution in [2.24, 2.45) is 11.8 Å². The van der Waals surface area contributed by atoms with Gasteiger partial charge in [-0.1, -0.05) is 0 Å². The fourth-order valence-electron chi connectivity index (χ4n) is 2.69. The zero-order valence-corrected chi connectivity index (χ0v) is 8.68. The summed E-state index contributed by atoms with van der Waals surface area (Å²) < 4.78 is 0. The zero-order valence-electron chi connectivity index (χ0n) is 8.68. The van der Waals surface area contributed by atoms with Crippen LogP contribution >= 0.6 is 0 Å². The lowest BCUT2D eigenvalue weighted by Crippen LogP contribution is -2.44. The van der Waals surface area contributed by atoms with Crippen molar-refractivity contribution in [1.29, 1.82) is 0 Å². The van der Waals surface area contributed by atoms with E-state index in [1.54, 1.807) is 7.05 Å². The summed E-state index contributed by atoms with van der Waals surface area (Å²) in [6.45, 7) is 2.31.